The van der Waals surface area contributed by atoms with E-state index in [4.69, 9.17) is 0 Å². The maximum Gasteiger partial charge on any atom is 0.314 e. The van der Waals surface area contributed by atoms with Crippen LogP contribution in [-0.4, -0.2) is 55.2 Å². The molecule has 0 aromatic carbocycles. The van der Waals surface area contributed by atoms with E-state index in [0.717, 1.165) is 32.4 Å². The number of nitrogens with zero attached hydrogens (tertiary/aromatic N) is 1. The Bertz CT molecular complexity index is 328. The molecule has 3 N–H and O–H groups in total. The fourth-order valence-electron chi connectivity index (χ4n) is 2.53. The number of likely N-dealkylation sites (N-methyl/N-ethyl adjacent to an activating group) is 1. The zero-order valence-corrected chi connectivity index (χ0v) is 12.6. The van der Waals surface area contributed by atoms with Gasteiger partial charge < -0.3 is 20.6 Å². The first-order valence-corrected chi connectivity index (χ1v) is 7.44. The summed E-state index contributed by atoms with van der Waals surface area (Å²) in [6.45, 7) is 4.56. The largest absolute Gasteiger partial charge is 0.481 e. The van der Waals surface area contributed by atoms with Crippen LogP contribution in [0.5, 0.6) is 0 Å². The van der Waals surface area contributed by atoms with Gasteiger partial charge in [-0.2, -0.15) is 0 Å². The minimum absolute atomic E-state index is 0.220. The lowest BCUT2D eigenvalue weighted by molar-refractivity contribution is -0.150. The number of amides is 2. The number of carboxylic acid groups (broad SMARTS) is 1. The minimum atomic E-state index is -0.789. The second kappa shape index (κ2) is 8.09. The Labute approximate surface area is 120 Å². The molecule has 0 spiro atoms. The van der Waals surface area contributed by atoms with E-state index in [2.05, 4.69) is 22.5 Å². The molecular formula is C14H27N3O3. The monoisotopic (exact) mass is 285 g/mol. The summed E-state index contributed by atoms with van der Waals surface area (Å²) in [6.07, 6.45) is 4.25. The van der Waals surface area contributed by atoms with Crippen molar-refractivity contribution in [2.75, 3.05) is 33.2 Å². The van der Waals surface area contributed by atoms with Crippen LogP contribution < -0.4 is 10.6 Å². The van der Waals surface area contributed by atoms with E-state index in [1.165, 1.54) is 0 Å². The molecule has 2 amide bonds. The van der Waals surface area contributed by atoms with Crippen molar-refractivity contribution in [2.24, 2.45) is 5.41 Å². The Hall–Kier alpha value is -1.30. The Kier molecular flexibility index (Phi) is 6.78. The molecule has 0 atom stereocenters. The second-order valence-electron chi connectivity index (χ2n) is 5.65. The predicted molar refractivity (Wildman–Crippen MR) is 77.7 cm³/mol. The van der Waals surface area contributed by atoms with Gasteiger partial charge in [-0.25, -0.2) is 4.79 Å². The third-order valence-electron chi connectivity index (χ3n) is 4.17. The van der Waals surface area contributed by atoms with Gasteiger partial charge in [0.15, 0.2) is 0 Å². The average molecular weight is 285 g/mol. The summed E-state index contributed by atoms with van der Waals surface area (Å²) >= 11 is 0. The normalized spacial score (nSPS) is 17.8. The molecule has 6 nitrogen and oxygen atoms in total. The summed E-state index contributed by atoms with van der Waals surface area (Å²) in [5.41, 5.74) is -0.768. The number of hydrogen-bond acceptors (Lipinski definition) is 3. The molecule has 6 heteroatoms. The van der Waals surface area contributed by atoms with Gasteiger partial charge in [-0.1, -0.05) is 26.2 Å². The lowest BCUT2D eigenvalue weighted by Gasteiger charge is -2.33. The molecular weight excluding hydrogens is 258 g/mol. The third-order valence-corrected chi connectivity index (χ3v) is 4.17. The molecule has 1 fully saturated rings. The molecule has 0 aromatic heterocycles. The van der Waals surface area contributed by atoms with Crippen molar-refractivity contribution in [1.29, 1.82) is 0 Å². The van der Waals surface area contributed by atoms with Crippen LogP contribution in [0.1, 0.15) is 39.0 Å². The number of carboxylic acids is 1. The standard InChI is InChI=1S/C14H27N3O3/c1-3-17(2)10-9-15-13(20)16-11-14(12(18)19)7-5-4-6-8-14/h3-11H2,1-2H3,(H,18,19)(H2,15,16,20). The molecule has 1 rings (SSSR count). The summed E-state index contributed by atoms with van der Waals surface area (Å²) in [6, 6.07) is -0.277. The highest BCUT2D eigenvalue weighted by molar-refractivity contribution is 5.78. The van der Waals surface area contributed by atoms with Gasteiger partial charge in [-0.3, -0.25) is 4.79 Å². The molecule has 0 aliphatic heterocycles. The van der Waals surface area contributed by atoms with Crippen molar-refractivity contribution >= 4 is 12.0 Å². The van der Waals surface area contributed by atoms with E-state index in [1.54, 1.807) is 0 Å². The first kappa shape index (κ1) is 16.8. The summed E-state index contributed by atoms with van der Waals surface area (Å²) in [5.74, 6) is -0.789. The van der Waals surface area contributed by atoms with E-state index in [0.29, 0.717) is 19.4 Å². The Morgan fingerprint density at radius 2 is 1.85 bits per heavy atom. The van der Waals surface area contributed by atoms with Gasteiger partial charge in [-0.15, -0.1) is 0 Å². The number of hydrogen-bond donors (Lipinski definition) is 3. The summed E-state index contributed by atoms with van der Waals surface area (Å²) in [5, 5.41) is 14.9. The van der Waals surface area contributed by atoms with E-state index in [9.17, 15) is 14.7 Å². The smallest absolute Gasteiger partial charge is 0.314 e. The number of aliphatic carboxylic acids is 1. The van der Waals surface area contributed by atoms with Crippen LogP contribution in [0.2, 0.25) is 0 Å². The molecule has 116 valence electrons. The van der Waals surface area contributed by atoms with Crippen molar-refractivity contribution in [2.45, 2.75) is 39.0 Å². The number of nitrogens with one attached hydrogen (secondary N) is 2. The zero-order chi connectivity index (χ0) is 15.0. The molecule has 0 radical (unpaired) electrons. The highest BCUT2D eigenvalue weighted by Crippen LogP contribution is 2.35. The van der Waals surface area contributed by atoms with E-state index in [-0.39, 0.29) is 12.6 Å². The molecule has 1 saturated carbocycles. The molecule has 20 heavy (non-hydrogen) atoms. The second-order valence-corrected chi connectivity index (χ2v) is 5.65. The van der Waals surface area contributed by atoms with Crippen LogP contribution in [-0.2, 0) is 4.79 Å². The fraction of sp³-hybridized carbons (Fsp3) is 0.857. The highest BCUT2D eigenvalue weighted by Gasteiger charge is 2.39. The molecule has 0 unspecified atom stereocenters. The molecule has 1 aliphatic carbocycles. The molecule has 1 aliphatic rings. The molecule has 0 saturated heterocycles. The predicted octanol–water partition coefficient (Wildman–Crippen LogP) is 1.27. The topological polar surface area (TPSA) is 81.7 Å². The minimum Gasteiger partial charge on any atom is -0.481 e. The molecule has 0 aromatic rings. The summed E-state index contributed by atoms with van der Waals surface area (Å²) in [7, 11) is 1.99. The van der Waals surface area contributed by atoms with Crippen LogP contribution in [0.25, 0.3) is 0 Å². The van der Waals surface area contributed by atoms with Crippen molar-refractivity contribution in [3.8, 4) is 0 Å². The number of carbonyl (C=O) groups excluding carboxylic acids is 1. The van der Waals surface area contributed by atoms with Gasteiger partial charge in [0, 0.05) is 19.6 Å². The highest BCUT2D eigenvalue weighted by atomic mass is 16.4. The molecule has 0 bridgehead atoms. The SMILES string of the molecule is CCN(C)CCNC(=O)NCC1(C(=O)O)CCCCC1. The number of urea groups is 1. The Morgan fingerprint density at radius 1 is 1.20 bits per heavy atom. The van der Waals surface area contributed by atoms with Gasteiger partial charge in [0.05, 0.1) is 5.41 Å². The third kappa shape index (κ3) is 5.00. The van der Waals surface area contributed by atoms with Crippen molar-refractivity contribution in [3.63, 3.8) is 0 Å². The fourth-order valence-corrected chi connectivity index (χ4v) is 2.53. The van der Waals surface area contributed by atoms with E-state index >= 15 is 0 Å². The number of rotatable bonds is 7. The van der Waals surface area contributed by atoms with Gasteiger partial charge in [-0.05, 0) is 26.4 Å². The lowest BCUT2D eigenvalue weighted by Crippen LogP contribution is -2.48. The van der Waals surface area contributed by atoms with Crippen LogP contribution in [0, 0.1) is 5.41 Å². The zero-order valence-electron chi connectivity index (χ0n) is 12.6. The Morgan fingerprint density at radius 3 is 2.40 bits per heavy atom. The summed E-state index contributed by atoms with van der Waals surface area (Å²) in [4.78, 5) is 25.2. The van der Waals surface area contributed by atoms with Gasteiger partial charge in [0.2, 0.25) is 0 Å². The maximum atomic E-state index is 11.7. The van der Waals surface area contributed by atoms with Crippen LogP contribution in [0.15, 0.2) is 0 Å². The maximum absolute atomic E-state index is 11.7. The quantitative estimate of drug-likeness (QED) is 0.658. The Balaban J connectivity index is 2.32. The van der Waals surface area contributed by atoms with Crippen LogP contribution in [0.3, 0.4) is 0 Å². The number of carbonyl (C=O) groups is 2. The van der Waals surface area contributed by atoms with Crippen LogP contribution >= 0.6 is 0 Å². The van der Waals surface area contributed by atoms with Crippen molar-refractivity contribution in [1.82, 2.24) is 15.5 Å². The van der Waals surface area contributed by atoms with Crippen molar-refractivity contribution in [3.05, 3.63) is 0 Å². The van der Waals surface area contributed by atoms with E-state index in [1.807, 2.05) is 7.05 Å². The average Bonchev–Trinajstić information content (AvgIpc) is 2.45. The van der Waals surface area contributed by atoms with E-state index < -0.39 is 11.4 Å². The summed E-state index contributed by atoms with van der Waals surface area (Å²) < 4.78 is 0. The lowest BCUT2D eigenvalue weighted by atomic mass is 9.74. The first-order valence-electron chi connectivity index (χ1n) is 7.44. The first-order chi connectivity index (χ1) is 9.50. The van der Waals surface area contributed by atoms with Crippen molar-refractivity contribution < 1.29 is 14.7 Å². The van der Waals surface area contributed by atoms with Gasteiger partial charge >= 0.3 is 12.0 Å². The van der Waals surface area contributed by atoms with Gasteiger partial charge in [0.25, 0.3) is 0 Å². The molecule has 0 heterocycles. The van der Waals surface area contributed by atoms with Crippen LogP contribution in [0.4, 0.5) is 4.79 Å². The van der Waals surface area contributed by atoms with Gasteiger partial charge in [0.1, 0.15) is 0 Å².